The maximum atomic E-state index is 12.7. The van der Waals surface area contributed by atoms with Crippen LogP contribution in [0.5, 0.6) is 11.5 Å². The Hall–Kier alpha value is -1.57. The Morgan fingerprint density at radius 3 is 2.92 bits per heavy atom. The van der Waals surface area contributed by atoms with Crippen LogP contribution in [0.2, 0.25) is 0 Å². The smallest absolute Gasteiger partial charge is 0.266 e. The fourth-order valence-electron chi connectivity index (χ4n) is 2.82. The van der Waals surface area contributed by atoms with E-state index in [1.807, 2.05) is 18.2 Å². The van der Waals surface area contributed by atoms with Gasteiger partial charge in [0.25, 0.3) is 5.91 Å². The predicted octanol–water partition coefficient (Wildman–Crippen LogP) is 3.08. The van der Waals surface area contributed by atoms with E-state index in [0.29, 0.717) is 27.3 Å². The van der Waals surface area contributed by atoms with Crippen LogP contribution < -0.4 is 9.47 Å². The van der Waals surface area contributed by atoms with Crippen LogP contribution in [0.25, 0.3) is 6.08 Å². The molecule has 0 radical (unpaired) electrons. The van der Waals surface area contributed by atoms with Crippen LogP contribution >= 0.6 is 24.0 Å². The summed E-state index contributed by atoms with van der Waals surface area (Å²) < 4.78 is 16.9. The molecule has 7 heteroatoms. The molecule has 0 spiro atoms. The number of thioether (sulfide) groups is 1. The number of carbonyl (C=O) groups excluding carboxylic acids is 1. The highest BCUT2D eigenvalue weighted by Crippen LogP contribution is 2.37. The Kier molecular flexibility index (Phi) is 5.43. The summed E-state index contributed by atoms with van der Waals surface area (Å²) in [6.07, 6.45) is 3.89. The third-order valence-corrected chi connectivity index (χ3v) is 5.38. The molecule has 24 heavy (non-hydrogen) atoms. The van der Waals surface area contributed by atoms with Crippen LogP contribution in [-0.4, -0.2) is 48.6 Å². The van der Waals surface area contributed by atoms with Crippen molar-refractivity contribution in [2.75, 3.05) is 27.4 Å². The summed E-state index contributed by atoms with van der Waals surface area (Å²) >= 11 is 6.68. The zero-order valence-electron chi connectivity index (χ0n) is 13.6. The van der Waals surface area contributed by atoms with Crippen molar-refractivity contribution in [2.45, 2.75) is 18.9 Å². The standard InChI is InChI=1S/C17H19NO4S2/c1-20-13-7-3-5-11(15(13)21-2)9-14-16(19)18(17(23)24-14)10-12-6-4-8-22-12/h3,5,7,9,12H,4,6,8,10H2,1-2H3/b14-9-/t12-/m1/s1. The second-order valence-corrected chi connectivity index (χ2v) is 7.19. The number of methoxy groups -OCH3 is 2. The Bertz CT molecular complexity index is 683. The Balaban J connectivity index is 1.83. The predicted molar refractivity (Wildman–Crippen MR) is 98.4 cm³/mol. The van der Waals surface area contributed by atoms with E-state index in [4.69, 9.17) is 26.4 Å². The van der Waals surface area contributed by atoms with Gasteiger partial charge in [0.05, 0.1) is 31.8 Å². The van der Waals surface area contributed by atoms with Gasteiger partial charge in [-0.05, 0) is 25.0 Å². The zero-order valence-corrected chi connectivity index (χ0v) is 15.2. The number of thiocarbonyl (C=S) groups is 1. The fraction of sp³-hybridized carbons (Fsp3) is 0.412. The summed E-state index contributed by atoms with van der Waals surface area (Å²) in [6, 6.07) is 5.56. The number of para-hydroxylation sites is 1. The normalized spacial score (nSPS) is 22.5. The first-order valence-electron chi connectivity index (χ1n) is 7.72. The molecular formula is C17H19NO4S2. The van der Waals surface area contributed by atoms with E-state index in [0.717, 1.165) is 25.0 Å². The second kappa shape index (κ2) is 7.55. The molecule has 1 aromatic carbocycles. The minimum Gasteiger partial charge on any atom is -0.493 e. The van der Waals surface area contributed by atoms with E-state index in [-0.39, 0.29) is 12.0 Å². The molecule has 2 aliphatic rings. The zero-order chi connectivity index (χ0) is 17.1. The van der Waals surface area contributed by atoms with Crippen LogP contribution in [0.1, 0.15) is 18.4 Å². The lowest BCUT2D eigenvalue weighted by atomic mass is 10.1. The van der Waals surface area contributed by atoms with Crippen molar-refractivity contribution in [3.8, 4) is 11.5 Å². The highest BCUT2D eigenvalue weighted by atomic mass is 32.2. The SMILES string of the molecule is COc1cccc(/C=C2\SC(=S)N(C[C@H]3CCCO3)C2=O)c1OC. The van der Waals surface area contributed by atoms with Gasteiger partial charge in [-0.1, -0.05) is 36.1 Å². The Morgan fingerprint density at radius 1 is 1.42 bits per heavy atom. The summed E-state index contributed by atoms with van der Waals surface area (Å²) in [4.78, 5) is 14.9. The van der Waals surface area contributed by atoms with Gasteiger partial charge in [0.1, 0.15) is 4.32 Å². The Labute approximate surface area is 150 Å². The van der Waals surface area contributed by atoms with Crippen molar-refractivity contribution in [1.29, 1.82) is 0 Å². The van der Waals surface area contributed by atoms with Crippen molar-refractivity contribution >= 4 is 40.3 Å². The summed E-state index contributed by atoms with van der Waals surface area (Å²) in [5, 5.41) is 0. The maximum Gasteiger partial charge on any atom is 0.266 e. The molecule has 2 aliphatic heterocycles. The molecule has 0 bridgehead atoms. The lowest BCUT2D eigenvalue weighted by Crippen LogP contribution is -2.35. The number of rotatable bonds is 5. The molecular weight excluding hydrogens is 346 g/mol. The molecule has 2 fully saturated rings. The second-order valence-electron chi connectivity index (χ2n) is 5.51. The van der Waals surface area contributed by atoms with Crippen molar-refractivity contribution in [1.82, 2.24) is 4.90 Å². The van der Waals surface area contributed by atoms with E-state index >= 15 is 0 Å². The molecule has 0 aliphatic carbocycles. The molecule has 0 saturated carbocycles. The lowest BCUT2D eigenvalue weighted by molar-refractivity contribution is -0.123. The molecule has 0 unspecified atom stereocenters. The van der Waals surface area contributed by atoms with Gasteiger partial charge in [0.2, 0.25) is 0 Å². The molecule has 0 aromatic heterocycles. The topological polar surface area (TPSA) is 48.0 Å². The van der Waals surface area contributed by atoms with E-state index in [1.165, 1.54) is 11.8 Å². The molecule has 3 rings (SSSR count). The molecule has 2 saturated heterocycles. The number of hydrogen-bond acceptors (Lipinski definition) is 6. The molecule has 2 heterocycles. The molecule has 5 nitrogen and oxygen atoms in total. The first-order chi connectivity index (χ1) is 11.6. The molecule has 1 atom stereocenters. The largest absolute Gasteiger partial charge is 0.493 e. The van der Waals surface area contributed by atoms with Crippen molar-refractivity contribution < 1.29 is 19.0 Å². The number of benzene rings is 1. The molecule has 1 amide bonds. The van der Waals surface area contributed by atoms with E-state index in [1.54, 1.807) is 25.2 Å². The van der Waals surface area contributed by atoms with Crippen LogP contribution in [0.4, 0.5) is 0 Å². The molecule has 1 aromatic rings. The third-order valence-electron chi connectivity index (χ3n) is 4.00. The van der Waals surface area contributed by atoms with E-state index < -0.39 is 0 Å². The van der Waals surface area contributed by atoms with Gasteiger partial charge in [0.15, 0.2) is 11.5 Å². The minimum atomic E-state index is -0.0784. The first kappa shape index (κ1) is 17.3. The highest BCUT2D eigenvalue weighted by molar-refractivity contribution is 8.26. The van der Waals surface area contributed by atoms with Gasteiger partial charge in [-0.3, -0.25) is 9.69 Å². The van der Waals surface area contributed by atoms with Gasteiger partial charge < -0.3 is 14.2 Å². The van der Waals surface area contributed by atoms with E-state index in [2.05, 4.69) is 0 Å². The monoisotopic (exact) mass is 365 g/mol. The molecule has 128 valence electrons. The summed E-state index contributed by atoms with van der Waals surface area (Å²) in [5.74, 6) is 1.15. The number of amides is 1. The van der Waals surface area contributed by atoms with Gasteiger partial charge in [-0.25, -0.2) is 0 Å². The van der Waals surface area contributed by atoms with Crippen LogP contribution in [-0.2, 0) is 9.53 Å². The third kappa shape index (κ3) is 3.43. The average molecular weight is 365 g/mol. The van der Waals surface area contributed by atoms with Gasteiger partial charge >= 0.3 is 0 Å². The maximum absolute atomic E-state index is 12.7. The summed E-state index contributed by atoms with van der Waals surface area (Å²) in [7, 11) is 3.17. The van der Waals surface area contributed by atoms with Crippen molar-refractivity contribution in [2.24, 2.45) is 0 Å². The lowest BCUT2D eigenvalue weighted by Gasteiger charge is -2.18. The van der Waals surface area contributed by atoms with Gasteiger partial charge in [-0.2, -0.15) is 0 Å². The van der Waals surface area contributed by atoms with Gasteiger partial charge in [0, 0.05) is 12.2 Å². The van der Waals surface area contributed by atoms with Crippen LogP contribution in [0, 0.1) is 0 Å². The van der Waals surface area contributed by atoms with Crippen molar-refractivity contribution in [3.63, 3.8) is 0 Å². The highest BCUT2D eigenvalue weighted by Gasteiger charge is 2.34. The van der Waals surface area contributed by atoms with Crippen LogP contribution in [0.3, 0.4) is 0 Å². The average Bonchev–Trinajstić information content (AvgIpc) is 3.19. The number of ether oxygens (including phenoxy) is 3. The quantitative estimate of drug-likeness (QED) is 0.590. The first-order valence-corrected chi connectivity index (χ1v) is 8.94. The summed E-state index contributed by atoms with van der Waals surface area (Å²) in [5.41, 5.74) is 0.787. The number of hydrogen-bond donors (Lipinski definition) is 0. The summed E-state index contributed by atoms with van der Waals surface area (Å²) in [6.45, 7) is 1.29. The van der Waals surface area contributed by atoms with Crippen molar-refractivity contribution in [3.05, 3.63) is 28.7 Å². The van der Waals surface area contributed by atoms with Crippen LogP contribution in [0.15, 0.2) is 23.1 Å². The van der Waals surface area contributed by atoms with E-state index in [9.17, 15) is 4.79 Å². The number of carbonyl (C=O) groups is 1. The molecule has 0 N–H and O–H groups in total. The minimum absolute atomic E-state index is 0.0784. The Morgan fingerprint density at radius 2 is 2.25 bits per heavy atom. The fourth-order valence-corrected chi connectivity index (χ4v) is 4.08. The number of nitrogens with zero attached hydrogens (tertiary/aromatic N) is 1. The van der Waals surface area contributed by atoms with Gasteiger partial charge in [-0.15, -0.1) is 0 Å².